The van der Waals surface area contributed by atoms with Gasteiger partial charge in [-0.15, -0.1) is 11.3 Å². The topological polar surface area (TPSA) is 43.6 Å². The fourth-order valence-electron chi connectivity index (χ4n) is 9.28. The van der Waals surface area contributed by atoms with E-state index in [9.17, 15) is 2.74 Å². The molecule has 0 aliphatic rings. The number of thiophene rings is 1. The molecule has 10 aromatic carbocycles. The summed E-state index contributed by atoms with van der Waals surface area (Å²) in [7, 11) is 0. The van der Waals surface area contributed by atoms with Crippen molar-refractivity contribution in [3.8, 4) is 84.4 Å². The molecular weight excluding hydrogens is 845 g/mol. The first-order chi connectivity index (χ1) is 36.6. The van der Waals surface area contributed by atoms with Gasteiger partial charge < -0.3 is 4.57 Å². The molecule has 0 spiro atoms. The van der Waals surface area contributed by atoms with E-state index >= 15 is 0 Å². The fourth-order valence-corrected chi connectivity index (χ4v) is 10.5. The largest absolute Gasteiger partial charge is 0.309 e. The maximum Gasteiger partial charge on any atom is 0.166 e. The third kappa shape index (κ3) is 6.96. The van der Waals surface area contributed by atoms with Crippen molar-refractivity contribution < 1.29 is 9.60 Å². The van der Waals surface area contributed by atoms with Gasteiger partial charge in [-0.1, -0.05) is 200 Å². The number of hydrogen-bond acceptors (Lipinski definition) is 4. The van der Waals surface area contributed by atoms with Gasteiger partial charge in [-0.25, -0.2) is 15.0 Å². The summed E-state index contributed by atoms with van der Waals surface area (Å²) in [6, 6.07) is 65.0. The second-order valence-corrected chi connectivity index (χ2v) is 17.7. The van der Waals surface area contributed by atoms with E-state index in [1.165, 1.54) is 31.8 Å². The van der Waals surface area contributed by atoms with Crippen LogP contribution >= 0.6 is 11.3 Å². The van der Waals surface area contributed by atoms with Crippen LogP contribution < -0.4 is 0 Å². The molecule has 0 amide bonds. The Morgan fingerprint density at radius 2 is 0.868 bits per heavy atom. The van der Waals surface area contributed by atoms with E-state index < -0.39 is 12.1 Å². The van der Waals surface area contributed by atoms with Crippen LogP contribution in [0.4, 0.5) is 0 Å². The van der Waals surface area contributed by atoms with Gasteiger partial charge in [0.15, 0.2) is 17.5 Å². The molecule has 13 aromatic rings. The Labute approximate surface area is 407 Å². The molecule has 0 saturated heterocycles. The summed E-state index contributed by atoms with van der Waals surface area (Å²) in [5.41, 5.74) is 11.4. The highest BCUT2D eigenvalue weighted by atomic mass is 32.1. The molecule has 68 heavy (non-hydrogen) atoms. The molecule has 0 aliphatic heterocycles. The van der Waals surface area contributed by atoms with Gasteiger partial charge in [-0.3, -0.25) is 0 Å². The monoisotopic (exact) mass is 891 g/mol. The van der Waals surface area contributed by atoms with Crippen LogP contribution in [0.1, 0.15) is 9.60 Å². The van der Waals surface area contributed by atoms with Crippen LogP contribution in [0.2, 0.25) is 0 Å². The van der Waals surface area contributed by atoms with E-state index in [-0.39, 0.29) is 57.8 Å². The Morgan fingerprint density at radius 1 is 0.338 bits per heavy atom. The van der Waals surface area contributed by atoms with Crippen LogP contribution in [0.5, 0.6) is 0 Å². The second kappa shape index (κ2) is 16.6. The SMILES string of the molecule is [2H]c1cc([2H])c2c(c1[2H])c1c([2H])c([2H])c([2H])c([2H])c1n2-c1ccccc1-c1nc(-c2ccc(-c3ccc(-c4ccccc4)cc3)cc2)nc(-c2cccc(-c3cccc4c3sc3ccc(-c5ccccc5)cc34)c2)n1. The van der Waals surface area contributed by atoms with Gasteiger partial charge in [0, 0.05) is 47.6 Å². The lowest BCUT2D eigenvalue weighted by molar-refractivity contribution is 1.06. The normalized spacial score (nSPS) is 13.0. The molecule has 0 fully saturated rings. The van der Waals surface area contributed by atoms with E-state index in [4.69, 9.17) is 21.8 Å². The highest BCUT2D eigenvalue weighted by Gasteiger charge is 2.20. The third-order valence-electron chi connectivity index (χ3n) is 12.6. The first kappa shape index (κ1) is 32.8. The van der Waals surface area contributed by atoms with Gasteiger partial charge in [-0.2, -0.15) is 0 Å². The van der Waals surface area contributed by atoms with Crippen LogP contribution in [-0.4, -0.2) is 19.5 Å². The highest BCUT2D eigenvalue weighted by Crippen LogP contribution is 2.43. The molecule has 0 bridgehead atoms. The van der Waals surface area contributed by atoms with Gasteiger partial charge in [0.25, 0.3) is 0 Å². The zero-order valence-corrected chi connectivity index (χ0v) is 37.1. The molecule has 0 radical (unpaired) electrons. The predicted octanol–water partition coefficient (Wildman–Crippen LogP) is 17.0. The number of rotatable bonds is 8. The van der Waals surface area contributed by atoms with Crippen molar-refractivity contribution in [1.82, 2.24) is 19.5 Å². The minimum absolute atomic E-state index is 0.0623. The van der Waals surface area contributed by atoms with Crippen LogP contribution in [0.15, 0.2) is 242 Å². The number of nitrogens with zero attached hydrogens (tertiary/aromatic N) is 4. The number of benzene rings is 10. The minimum atomic E-state index is -0.467. The molecule has 0 saturated carbocycles. The first-order valence-corrected chi connectivity index (χ1v) is 23.2. The Kier molecular flexibility index (Phi) is 8.00. The average Bonchev–Trinajstić information content (AvgIpc) is 4.13. The lowest BCUT2D eigenvalue weighted by Gasteiger charge is -2.15. The molecule has 13 rings (SSSR count). The van der Waals surface area contributed by atoms with Gasteiger partial charge in [0.05, 0.1) is 26.3 Å². The van der Waals surface area contributed by atoms with E-state index in [0.29, 0.717) is 22.9 Å². The minimum Gasteiger partial charge on any atom is -0.309 e. The Balaban J connectivity index is 0.985. The van der Waals surface area contributed by atoms with Gasteiger partial charge in [0.1, 0.15) is 0 Å². The van der Waals surface area contributed by atoms with Crippen LogP contribution in [-0.2, 0) is 0 Å². The van der Waals surface area contributed by atoms with Crippen molar-refractivity contribution >= 4 is 53.3 Å². The van der Waals surface area contributed by atoms with E-state index in [0.717, 1.165) is 50.1 Å². The summed E-state index contributed by atoms with van der Waals surface area (Å²) >= 11 is 1.77. The smallest absolute Gasteiger partial charge is 0.166 e. The number of hydrogen-bond donors (Lipinski definition) is 0. The standard InChI is InChI=1S/C63H40N4S/c1-3-15-41(16-4-1)43-29-31-44(32-30-43)45-33-35-46(36-34-45)61-64-62(66-63(65-61)54-23-9-12-28-58(54)67-56-26-10-7-21-51(56)52-22-8-11-27-57(52)67)49-20-13-19-48(39-49)50-24-14-25-53-55-40-47(42-17-5-2-6-18-42)37-38-59(55)68-60(50)53/h1-40H/i7D,8D,10D,21D,22D,26D,27D. The van der Waals surface area contributed by atoms with E-state index in [2.05, 4.69) is 121 Å². The number of aromatic nitrogens is 4. The number of fused-ring (bicyclic) bond motifs is 6. The lowest BCUT2D eigenvalue weighted by Crippen LogP contribution is -2.03. The van der Waals surface area contributed by atoms with Crippen molar-refractivity contribution in [2.75, 3.05) is 0 Å². The maximum atomic E-state index is 9.24. The quantitative estimate of drug-likeness (QED) is 0.153. The molecule has 0 N–H and O–H groups in total. The Bertz CT molecular complexity index is 4420. The van der Waals surface area contributed by atoms with Crippen molar-refractivity contribution in [1.29, 1.82) is 0 Å². The van der Waals surface area contributed by atoms with Crippen LogP contribution in [0, 0.1) is 0 Å². The molecule has 3 heterocycles. The predicted molar refractivity (Wildman–Crippen MR) is 285 cm³/mol. The Hall–Kier alpha value is -8.77. The van der Waals surface area contributed by atoms with Gasteiger partial charge >= 0.3 is 0 Å². The molecule has 0 aliphatic carbocycles. The molecular formula is C63H40N4S. The van der Waals surface area contributed by atoms with Gasteiger partial charge in [-0.05, 0) is 86.9 Å². The Morgan fingerprint density at radius 3 is 1.62 bits per heavy atom. The summed E-state index contributed by atoms with van der Waals surface area (Å²) in [5, 5.41) is 2.53. The highest BCUT2D eigenvalue weighted by molar-refractivity contribution is 7.26. The summed E-state index contributed by atoms with van der Waals surface area (Å²) in [6.45, 7) is 0. The molecule has 0 atom stereocenters. The second-order valence-electron chi connectivity index (χ2n) is 16.6. The zero-order valence-electron chi connectivity index (χ0n) is 43.2. The van der Waals surface area contributed by atoms with E-state index in [1.54, 1.807) is 28.0 Å². The van der Waals surface area contributed by atoms with Crippen LogP contribution in [0.25, 0.3) is 126 Å². The van der Waals surface area contributed by atoms with Crippen molar-refractivity contribution in [2.24, 2.45) is 0 Å². The van der Waals surface area contributed by atoms with E-state index in [1.807, 2.05) is 60.7 Å². The first-order valence-electron chi connectivity index (χ1n) is 25.8. The van der Waals surface area contributed by atoms with Gasteiger partial charge in [0.2, 0.25) is 0 Å². The average molecular weight is 892 g/mol. The molecule has 3 aromatic heterocycles. The lowest BCUT2D eigenvalue weighted by atomic mass is 9.99. The molecule has 4 nitrogen and oxygen atoms in total. The van der Waals surface area contributed by atoms with Crippen molar-refractivity contribution in [3.05, 3.63) is 242 Å². The molecule has 5 heteroatoms. The summed E-state index contributed by atoms with van der Waals surface area (Å²) < 4.78 is 66.4. The summed E-state index contributed by atoms with van der Waals surface area (Å²) in [5.74, 6) is 1.09. The van der Waals surface area contributed by atoms with Crippen LogP contribution in [0.3, 0.4) is 0 Å². The summed E-state index contributed by atoms with van der Waals surface area (Å²) in [6.07, 6.45) is 0. The number of para-hydroxylation sites is 3. The summed E-state index contributed by atoms with van der Waals surface area (Å²) in [4.78, 5) is 15.6. The van der Waals surface area contributed by atoms with Crippen molar-refractivity contribution in [2.45, 2.75) is 0 Å². The maximum absolute atomic E-state index is 9.24. The molecule has 318 valence electrons. The van der Waals surface area contributed by atoms with Crippen molar-refractivity contribution in [3.63, 3.8) is 0 Å². The third-order valence-corrected chi connectivity index (χ3v) is 13.8. The fraction of sp³-hybridized carbons (Fsp3) is 0. The zero-order chi connectivity index (χ0) is 51.1. The molecule has 0 unspecified atom stereocenters.